The molecule has 806 valence electrons. The van der Waals surface area contributed by atoms with Gasteiger partial charge in [0.2, 0.25) is 14.2 Å². The molecular formula is C101H210Br2N20O3Si15. The van der Waals surface area contributed by atoms with Crippen LogP contribution in [0.5, 0.6) is 0 Å². The molecule has 0 aliphatic carbocycles. The molecule has 0 bridgehead atoms. The van der Waals surface area contributed by atoms with E-state index < -0.39 is 124 Å². The molecule has 9 aromatic rings. The van der Waals surface area contributed by atoms with E-state index in [9.17, 15) is 9.59 Å². The fraction of sp³-hybridized carbons (Fsp3) is 0.663. The topological polar surface area (TPSA) is 233 Å². The van der Waals surface area contributed by atoms with E-state index in [1.54, 1.807) is 6.92 Å². The Hall–Kier alpha value is -4.90. The number of halogens is 2. The number of benzene rings is 1. The molecule has 0 saturated carbocycles. The van der Waals surface area contributed by atoms with Crippen molar-refractivity contribution in [3.8, 4) is 0 Å². The lowest BCUT2D eigenvalue weighted by atomic mass is 10.2. The van der Waals surface area contributed by atoms with Crippen molar-refractivity contribution in [1.29, 1.82) is 0 Å². The maximum atomic E-state index is 11.3. The molecule has 9 rings (SSSR count). The number of amides is 3. The molecule has 0 unspecified atom stereocenters. The van der Waals surface area contributed by atoms with E-state index in [0.717, 1.165) is 28.1 Å². The number of aromatic nitrogens is 14. The van der Waals surface area contributed by atoms with Crippen molar-refractivity contribution >= 4 is 190 Å². The van der Waals surface area contributed by atoms with Crippen molar-refractivity contribution in [1.82, 2.24) is 78.7 Å². The SMILES string of the molecule is CC(=N[Si](C)(C)C)O[Si](C)(C)C.CC(=O)N[Si](C)(C)C.CC(C)(C)[Si](C)(C)n1ccnc1.CC(C)[Si](C(C)C)(C(C)C)n1cc(Br)c2ccccc21.CC(C)[Si](C(C)C)(C(C)C)n1ccc(Br)c1.CC(C)[Si](C)(C)n1ccnc1.CCC[Si](C)(C)n1ccnc1.CC[Si](C)(C)n1ccnc1.C[Si](C)(C)N=C=N[Si](C)(C)C.C[Si](C)(C)NC(=O)N[Si](C)(C)C.C[Si](C)(C)n1ccnc1.C[Si](C)(C)n1ccnc1. The number of carbonyl (C=O) groups is 2. The Morgan fingerprint density at radius 2 is 0.738 bits per heavy atom. The van der Waals surface area contributed by atoms with E-state index in [1.165, 1.54) is 38.4 Å². The summed E-state index contributed by atoms with van der Waals surface area (Å²) >= 11 is 7.33. The Balaban J connectivity index is -0.00000149. The van der Waals surface area contributed by atoms with Crippen molar-refractivity contribution in [2.24, 2.45) is 14.0 Å². The molecule has 141 heavy (non-hydrogen) atoms. The number of urea groups is 1. The van der Waals surface area contributed by atoms with Gasteiger partial charge in [-0.25, -0.2) is 29.9 Å². The molecule has 0 aliphatic heterocycles. The Kier molecular flexibility index (Phi) is 60.3. The zero-order valence-corrected chi connectivity index (χ0v) is 118. The van der Waals surface area contributed by atoms with Gasteiger partial charge in [0, 0.05) is 120 Å². The average Bonchev–Trinajstić information content (AvgIpc) is 1.59. The smallest absolute Gasteiger partial charge is 0.298 e. The number of nitrogens with one attached hydrogen (secondary N) is 3. The fourth-order valence-electron chi connectivity index (χ4n) is 15.6. The van der Waals surface area contributed by atoms with Gasteiger partial charge < -0.3 is 53.2 Å². The van der Waals surface area contributed by atoms with Crippen LogP contribution in [0.3, 0.4) is 0 Å². The van der Waals surface area contributed by atoms with Gasteiger partial charge in [0.25, 0.3) is 6.03 Å². The largest absolute Gasteiger partial charge is 0.535 e. The first-order valence-electron chi connectivity index (χ1n) is 51.3. The van der Waals surface area contributed by atoms with Gasteiger partial charge in [-0.1, -0.05) is 307 Å². The van der Waals surface area contributed by atoms with Crippen molar-refractivity contribution in [2.45, 2.75) is 437 Å². The first-order valence-corrected chi connectivity index (χ1v) is 101. The highest BCUT2D eigenvalue weighted by atomic mass is 79.9. The van der Waals surface area contributed by atoms with Crippen molar-refractivity contribution < 1.29 is 14.0 Å². The number of rotatable bonds is 25. The van der Waals surface area contributed by atoms with Gasteiger partial charge in [0.1, 0.15) is 24.7 Å². The van der Waals surface area contributed by atoms with E-state index in [0.29, 0.717) is 21.7 Å². The van der Waals surface area contributed by atoms with Crippen molar-refractivity contribution in [2.75, 3.05) is 0 Å². The Bertz CT molecular complexity index is 4810. The predicted molar refractivity (Wildman–Crippen MR) is 670 cm³/mol. The zero-order valence-electron chi connectivity index (χ0n) is 100. The number of fused-ring (bicyclic) bond motifs is 1. The summed E-state index contributed by atoms with van der Waals surface area (Å²) in [5.41, 5.74) is 6.56. The van der Waals surface area contributed by atoms with E-state index in [1.807, 2.05) is 94.5 Å². The second-order valence-corrected chi connectivity index (χ2v) is 126. The first-order chi connectivity index (χ1) is 63.4. The van der Waals surface area contributed by atoms with E-state index in [4.69, 9.17) is 4.43 Å². The average molecular weight is 2330 g/mol. The Morgan fingerprint density at radius 3 is 0.986 bits per heavy atom. The molecule has 3 N–H and O–H groups in total. The van der Waals surface area contributed by atoms with Crippen LogP contribution >= 0.6 is 31.9 Å². The second kappa shape index (κ2) is 60.7. The van der Waals surface area contributed by atoms with Crippen LogP contribution in [-0.4, -0.2) is 211 Å². The summed E-state index contributed by atoms with van der Waals surface area (Å²) in [5, 5.41) is 1.72. The first kappa shape index (κ1) is 140. The molecule has 0 spiro atoms. The highest BCUT2D eigenvalue weighted by molar-refractivity contribution is 9.11. The lowest BCUT2D eigenvalue weighted by Gasteiger charge is -2.44. The zero-order chi connectivity index (χ0) is 111. The molecule has 0 saturated heterocycles. The lowest BCUT2D eigenvalue weighted by molar-refractivity contribution is -0.117. The van der Waals surface area contributed by atoms with Gasteiger partial charge in [0.05, 0.1) is 44.0 Å². The quantitative estimate of drug-likeness (QED) is 0.0280. The maximum Gasteiger partial charge on any atom is 0.298 e. The highest BCUT2D eigenvalue weighted by Gasteiger charge is 2.47. The summed E-state index contributed by atoms with van der Waals surface area (Å²) in [4.78, 5) is 54.8. The van der Waals surface area contributed by atoms with Crippen LogP contribution in [0, 0.1) is 0 Å². The van der Waals surface area contributed by atoms with Crippen LogP contribution in [0.1, 0.15) is 152 Å². The van der Waals surface area contributed by atoms with E-state index >= 15 is 0 Å². The third-order valence-electron chi connectivity index (χ3n) is 24.2. The van der Waals surface area contributed by atoms with Gasteiger partial charge in [-0.3, -0.25) is 23.6 Å². The monoisotopic (exact) mass is 2330 g/mol. The minimum absolute atomic E-state index is 0.00772. The summed E-state index contributed by atoms with van der Waals surface area (Å²) < 4.78 is 40.1. The number of imidazole rings is 6. The van der Waals surface area contributed by atoms with Gasteiger partial charge in [-0.15, -0.1) is 0 Å². The number of hydrogen-bond acceptors (Lipinski definition) is 12. The highest BCUT2D eigenvalue weighted by Crippen LogP contribution is 2.46. The van der Waals surface area contributed by atoms with Crippen LogP contribution < -0.4 is 14.9 Å². The van der Waals surface area contributed by atoms with Gasteiger partial charge >= 0.3 is 0 Å². The minimum Gasteiger partial charge on any atom is -0.535 e. The number of para-hydroxylation sites is 1. The molecule has 40 heteroatoms. The molecular weight excluding hydrogens is 2120 g/mol. The van der Waals surface area contributed by atoms with E-state index in [2.05, 4.69) is 565 Å². The van der Waals surface area contributed by atoms with Crippen molar-refractivity contribution in [3.05, 3.63) is 170 Å². The minimum atomic E-state index is -1.66. The lowest BCUT2D eigenvalue weighted by Crippen LogP contribution is -2.56. The summed E-state index contributed by atoms with van der Waals surface area (Å²) in [6.45, 7) is 126. The van der Waals surface area contributed by atoms with Crippen LogP contribution in [-0.2, 0) is 9.22 Å². The predicted octanol–water partition coefficient (Wildman–Crippen LogP) is 33.1. The summed E-state index contributed by atoms with van der Waals surface area (Å²) in [7, 11) is -20.0. The third-order valence-corrected chi connectivity index (χ3v) is 65.4. The Morgan fingerprint density at radius 1 is 0.404 bits per heavy atom. The molecule has 8 heterocycles. The molecule has 8 aromatic heterocycles. The van der Waals surface area contributed by atoms with Gasteiger partial charge in [0.15, 0.2) is 96.5 Å². The standard InChI is InChI=1S/C17H26BrNSi.C13H24BrNSi.C9H18N2Si.2C8H16N2Si.C8H21NOSi2.C7H20N2OSi2.C7H18N2Si2.C7H14N2Si.2C6H12N2Si.C5H13NOSi/c1-12(2)20(13(3)4,14(5)6)19-11-16(18)15-9-7-8-10-17(15)19;1-10(2)16(11(3)4,12(5)6)15-8-7-13(14)9-15;1-9(2,3)12(4,5)11-7-6-10-8-11;1-8(2)11(3,4)10-6-5-9-7-10;1-4-7-11(2,3)10-6-5-9-8-10;1-8(9-11(2,3)4)10-12(5,6)7;1-11(2,3)8-7(10)9-12(4,5)6;1-10(2,3)8-7-9-11(4,5)6;1-4-10(2,3)9-6-5-8-7-9;2*1-9(2,3)8-5-4-7-6-8;1-5(7)6-8(2,3)4/h7-14H,1-6H3;7-12H,1-6H3;6-8H,1-5H3;5-8H,1-4H3;5-6,8H,4,7H2,1-3H3;1-7H3;1-6H3,(H2,8,9,10);1-6H3;5-7H,4H2,1-3H3;2*4-6H,1-3H3;1-4H3,(H,6,7). The molecule has 0 atom stereocenters. The summed E-state index contributed by atoms with van der Waals surface area (Å²) in [5.74, 6) is 0.970. The molecule has 1 aromatic carbocycles. The summed E-state index contributed by atoms with van der Waals surface area (Å²) in [6.07, 6.45) is 43.2. The van der Waals surface area contributed by atoms with E-state index in [-0.39, 0.29) is 11.9 Å². The van der Waals surface area contributed by atoms with Crippen LogP contribution in [0.15, 0.2) is 184 Å². The molecule has 0 radical (unpaired) electrons. The third kappa shape index (κ3) is 55.3. The van der Waals surface area contributed by atoms with Crippen LogP contribution in [0.25, 0.3) is 10.9 Å². The molecule has 0 aliphatic rings. The molecule has 23 nitrogen and oxygen atoms in total. The van der Waals surface area contributed by atoms with Crippen LogP contribution in [0.4, 0.5) is 4.79 Å². The number of nitrogens with zero attached hydrogens (tertiary/aromatic N) is 17. The normalized spacial score (nSPS) is 12.6. The summed E-state index contributed by atoms with van der Waals surface area (Å²) in [6, 6.07) is 16.4. The van der Waals surface area contributed by atoms with Crippen molar-refractivity contribution in [3.63, 3.8) is 0 Å². The van der Waals surface area contributed by atoms with Gasteiger partial charge in [-0.05, 0) is 185 Å². The fourth-order valence-corrected chi connectivity index (χ4v) is 43.9. The Labute approximate surface area is 896 Å². The maximum absolute atomic E-state index is 11.3. The second-order valence-electron chi connectivity index (χ2n) is 51.5. The molecule has 0 fully saturated rings. The van der Waals surface area contributed by atoms with Gasteiger partial charge in [-0.2, -0.15) is 0 Å². The molecule has 3 amide bonds. The number of carbonyl (C=O) groups excluding carboxylic acids is 2. The van der Waals surface area contributed by atoms with Crippen LogP contribution in [0.2, 0.25) is 285 Å². The number of hydrogen-bond donors (Lipinski definition) is 3.